The maximum absolute atomic E-state index is 9.93. The van der Waals surface area contributed by atoms with Gasteiger partial charge in [0.05, 0.1) is 31.8 Å². The molecule has 0 aliphatic heterocycles. The summed E-state index contributed by atoms with van der Waals surface area (Å²) in [5, 5.41) is 23.5. The van der Waals surface area contributed by atoms with Crippen molar-refractivity contribution in [1.29, 1.82) is 0 Å². The van der Waals surface area contributed by atoms with Crippen molar-refractivity contribution in [2.24, 2.45) is 5.10 Å². The number of nitrogens with one attached hydrogen (secondary N) is 1. The predicted molar refractivity (Wildman–Crippen MR) is 127 cm³/mol. The molecule has 0 fully saturated rings. The second kappa shape index (κ2) is 9.69. The van der Waals surface area contributed by atoms with Crippen LogP contribution in [0.2, 0.25) is 0 Å². The van der Waals surface area contributed by atoms with Crippen molar-refractivity contribution in [3.63, 3.8) is 0 Å². The van der Waals surface area contributed by atoms with Gasteiger partial charge in [0, 0.05) is 22.8 Å². The summed E-state index contributed by atoms with van der Waals surface area (Å²) in [4.78, 5) is 9.17. The van der Waals surface area contributed by atoms with E-state index in [1.165, 1.54) is 18.3 Å². The second-order valence-corrected chi connectivity index (χ2v) is 7.01. The Hall–Kier alpha value is -4.59. The molecular formula is C25H22N4O4. The van der Waals surface area contributed by atoms with E-state index >= 15 is 0 Å². The second-order valence-electron chi connectivity index (χ2n) is 7.01. The highest BCUT2D eigenvalue weighted by molar-refractivity contribution is 5.84. The first kappa shape index (κ1) is 21.6. The third kappa shape index (κ3) is 5.01. The van der Waals surface area contributed by atoms with Gasteiger partial charge in [0.15, 0.2) is 11.5 Å². The van der Waals surface area contributed by atoms with Crippen molar-refractivity contribution in [3.8, 4) is 45.5 Å². The van der Waals surface area contributed by atoms with Crippen molar-refractivity contribution in [2.75, 3.05) is 19.6 Å². The molecule has 0 radical (unpaired) electrons. The molecule has 0 atom stereocenters. The third-order valence-electron chi connectivity index (χ3n) is 4.86. The standard InChI is InChI=1S/C25H22N4O4/c1-32-23-11-9-17(12-24(23)33-2)21-14-20(16-6-4-3-5-7-16)27-25(28-21)29-26-15-18-8-10-19(30)13-22(18)31/h3-15,30-31H,1-2H3,(H,27,28,29)/b26-15+. The van der Waals surface area contributed by atoms with Gasteiger partial charge in [0.1, 0.15) is 11.5 Å². The number of hydrogen-bond acceptors (Lipinski definition) is 8. The molecule has 3 aromatic carbocycles. The highest BCUT2D eigenvalue weighted by Gasteiger charge is 2.11. The number of benzene rings is 3. The lowest BCUT2D eigenvalue weighted by Gasteiger charge is -2.11. The quantitative estimate of drug-likeness (QED) is 0.281. The SMILES string of the molecule is COc1ccc(-c2cc(-c3ccccc3)nc(N/N=C/c3ccc(O)cc3O)n2)cc1OC. The smallest absolute Gasteiger partial charge is 0.244 e. The number of phenolic OH excluding ortho intramolecular Hbond substituents is 2. The number of aromatic hydroxyl groups is 2. The summed E-state index contributed by atoms with van der Waals surface area (Å²) >= 11 is 0. The van der Waals surface area contributed by atoms with E-state index in [1.807, 2.05) is 54.6 Å². The maximum Gasteiger partial charge on any atom is 0.244 e. The van der Waals surface area contributed by atoms with E-state index in [4.69, 9.17) is 9.47 Å². The van der Waals surface area contributed by atoms with Crippen LogP contribution in [-0.4, -0.2) is 40.6 Å². The van der Waals surface area contributed by atoms with E-state index < -0.39 is 0 Å². The molecule has 0 saturated carbocycles. The molecule has 0 aliphatic carbocycles. The minimum atomic E-state index is -0.0921. The van der Waals surface area contributed by atoms with Gasteiger partial charge in [-0.15, -0.1) is 0 Å². The van der Waals surface area contributed by atoms with E-state index in [-0.39, 0.29) is 17.4 Å². The molecule has 1 heterocycles. The summed E-state index contributed by atoms with van der Waals surface area (Å²) < 4.78 is 10.8. The van der Waals surface area contributed by atoms with Gasteiger partial charge in [-0.25, -0.2) is 15.4 Å². The maximum atomic E-state index is 9.93. The minimum absolute atomic E-state index is 0.0314. The van der Waals surface area contributed by atoms with Crippen LogP contribution in [0.1, 0.15) is 5.56 Å². The molecule has 4 aromatic rings. The fourth-order valence-electron chi connectivity index (χ4n) is 3.20. The summed E-state index contributed by atoms with van der Waals surface area (Å²) in [6.45, 7) is 0. The molecular weight excluding hydrogens is 420 g/mol. The van der Waals surface area contributed by atoms with Gasteiger partial charge in [-0.05, 0) is 36.4 Å². The lowest BCUT2D eigenvalue weighted by molar-refractivity contribution is 0.355. The van der Waals surface area contributed by atoms with Crippen LogP contribution in [0.25, 0.3) is 22.5 Å². The van der Waals surface area contributed by atoms with Crippen molar-refractivity contribution in [3.05, 3.63) is 78.4 Å². The average Bonchev–Trinajstić information content (AvgIpc) is 2.85. The fraction of sp³-hybridized carbons (Fsp3) is 0.0800. The van der Waals surface area contributed by atoms with E-state index in [9.17, 15) is 10.2 Å². The van der Waals surface area contributed by atoms with Crippen LogP contribution in [0.4, 0.5) is 5.95 Å². The van der Waals surface area contributed by atoms with Crippen LogP contribution in [0, 0.1) is 0 Å². The first-order valence-electron chi connectivity index (χ1n) is 10.1. The Labute approximate surface area is 190 Å². The van der Waals surface area contributed by atoms with Crippen LogP contribution in [0.5, 0.6) is 23.0 Å². The molecule has 166 valence electrons. The predicted octanol–water partition coefficient (Wildman–Crippen LogP) is 4.69. The molecule has 0 aliphatic rings. The van der Waals surface area contributed by atoms with Gasteiger partial charge in [0.2, 0.25) is 5.95 Å². The lowest BCUT2D eigenvalue weighted by atomic mass is 10.1. The molecule has 0 saturated heterocycles. The summed E-state index contributed by atoms with van der Waals surface area (Å²) in [5.74, 6) is 1.36. The van der Waals surface area contributed by atoms with E-state index in [2.05, 4.69) is 20.5 Å². The fourth-order valence-corrected chi connectivity index (χ4v) is 3.20. The minimum Gasteiger partial charge on any atom is -0.508 e. The van der Waals surface area contributed by atoms with Crippen molar-refractivity contribution in [2.45, 2.75) is 0 Å². The van der Waals surface area contributed by atoms with Gasteiger partial charge in [-0.2, -0.15) is 5.10 Å². The van der Waals surface area contributed by atoms with E-state index in [1.54, 1.807) is 20.3 Å². The Morgan fingerprint density at radius 1 is 0.788 bits per heavy atom. The number of nitrogens with zero attached hydrogens (tertiary/aromatic N) is 3. The monoisotopic (exact) mass is 442 g/mol. The van der Waals surface area contributed by atoms with Gasteiger partial charge in [0.25, 0.3) is 0 Å². The first-order valence-corrected chi connectivity index (χ1v) is 10.1. The Morgan fingerprint density at radius 2 is 1.52 bits per heavy atom. The van der Waals surface area contributed by atoms with Gasteiger partial charge < -0.3 is 19.7 Å². The Balaban J connectivity index is 1.72. The summed E-state index contributed by atoms with van der Waals surface area (Å²) in [5.41, 5.74) is 6.36. The topological polar surface area (TPSA) is 109 Å². The molecule has 8 nitrogen and oxygen atoms in total. The number of methoxy groups -OCH3 is 2. The largest absolute Gasteiger partial charge is 0.508 e. The zero-order chi connectivity index (χ0) is 23.2. The number of hydrazone groups is 1. The Bertz CT molecular complexity index is 1290. The average molecular weight is 442 g/mol. The number of ether oxygens (including phenoxy) is 2. The Morgan fingerprint density at radius 3 is 2.21 bits per heavy atom. The number of rotatable bonds is 7. The molecule has 3 N–H and O–H groups in total. The molecule has 0 amide bonds. The molecule has 1 aromatic heterocycles. The lowest BCUT2D eigenvalue weighted by Crippen LogP contribution is -2.00. The van der Waals surface area contributed by atoms with Crippen LogP contribution < -0.4 is 14.9 Å². The number of hydrogen-bond donors (Lipinski definition) is 3. The molecule has 33 heavy (non-hydrogen) atoms. The molecule has 8 heteroatoms. The third-order valence-corrected chi connectivity index (χ3v) is 4.86. The molecule has 4 rings (SSSR count). The van der Waals surface area contributed by atoms with Crippen LogP contribution >= 0.6 is 0 Å². The molecule has 0 unspecified atom stereocenters. The zero-order valence-corrected chi connectivity index (χ0v) is 18.1. The van der Waals surface area contributed by atoms with Gasteiger partial charge in [-0.3, -0.25) is 0 Å². The molecule has 0 bridgehead atoms. The van der Waals surface area contributed by atoms with Crippen molar-refractivity contribution >= 4 is 12.2 Å². The van der Waals surface area contributed by atoms with Crippen LogP contribution in [0.15, 0.2) is 77.9 Å². The molecule has 0 spiro atoms. The van der Waals surface area contributed by atoms with E-state index in [0.29, 0.717) is 28.5 Å². The first-order chi connectivity index (χ1) is 16.1. The normalized spacial score (nSPS) is 10.8. The number of aromatic nitrogens is 2. The van der Waals surface area contributed by atoms with Gasteiger partial charge >= 0.3 is 0 Å². The van der Waals surface area contributed by atoms with Gasteiger partial charge in [-0.1, -0.05) is 30.3 Å². The highest BCUT2D eigenvalue weighted by atomic mass is 16.5. The van der Waals surface area contributed by atoms with Crippen molar-refractivity contribution < 1.29 is 19.7 Å². The van der Waals surface area contributed by atoms with Crippen LogP contribution in [-0.2, 0) is 0 Å². The highest BCUT2D eigenvalue weighted by Crippen LogP contribution is 2.33. The van der Waals surface area contributed by atoms with E-state index in [0.717, 1.165) is 11.1 Å². The summed E-state index contributed by atoms with van der Waals surface area (Å²) in [6, 6.07) is 21.4. The van der Waals surface area contributed by atoms with Crippen LogP contribution in [0.3, 0.4) is 0 Å². The Kier molecular flexibility index (Phi) is 6.36. The summed E-state index contributed by atoms with van der Waals surface area (Å²) in [6.07, 6.45) is 1.42. The summed E-state index contributed by atoms with van der Waals surface area (Å²) in [7, 11) is 3.17. The number of phenols is 2. The van der Waals surface area contributed by atoms with Crippen molar-refractivity contribution in [1.82, 2.24) is 9.97 Å². The number of anilines is 1. The zero-order valence-electron chi connectivity index (χ0n) is 18.1.